The Hall–Kier alpha value is -5.24. The smallest absolute Gasteiger partial charge is 0.410 e. The molecule has 1 unspecified atom stereocenters. The Labute approximate surface area is 264 Å². The van der Waals surface area contributed by atoms with Crippen LogP contribution in [0.4, 0.5) is 31.2 Å². The van der Waals surface area contributed by atoms with Crippen LogP contribution in [-0.2, 0) is 16.0 Å². The molecular weight excluding hydrogens is 593 g/mol. The van der Waals surface area contributed by atoms with E-state index in [1.54, 1.807) is 27.9 Å². The second-order valence-corrected chi connectivity index (χ2v) is 12.1. The lowest BCUT2D eigenvalue weighted by Crippen LogP contribution is -2.54. The summed E-state index contributed by atoms with van der Waals surface area (Å²) in [5.41, 5.74) is 3.90. The number of anilines is 3. The van der Waals surface area contributed by atoms with Gasteiger partial charge in [0.2, 0.25) is 0 Å². The number of aryl methyl sites for hydroxylation is 1. The molecule has 0 radical (unpaired) electrons. The minimum Gasteiger partial charge on any atom is -0.444 e. The van der Waals surface area contributed by atoms with Gasteiger partial charge in [-0.05, 0) is 63.6 Å². The second-order valence-electron chi connectivity index (χ2n) is 12.1. The highest BCUT2D eigenvalue weighted by atomic mass is 19.1. The van der Waals surface area contributed by atoms with Crippen molar-refractivity contribution >= 4 is 45.7 Å². The van der Waals surface area contributed by atoms with Crippen LogP contribution >= 0.6 is 0 Å². The summed E-state index contributed by atoms with van der Waals surface area (Å²) < 4.78 is 28.2. The predicted octanol–water partition coefficient (Wildman–Crippen LogP) is 5.08. The number of halogens is 1. The lowest BCUT2D eigenvalue weighted by atomic mass is 10.2. The van der Waals surface area contributed by atoms with E-state index in [1.165, 1.54) is 18.5 Å². The number of amides is 3. The molecule has 0 bridgehead atoms. The number of rotatable bonds is 7. The molecule has 1 aliphatic rings. The average molecular weight is 630 g/mol. The van der Waals surface area contributed by atoms with Gasteiger partial charge in [0.05, 0.1) is 49.4 Å². The minimum atomic E-state index is -0.627. The van der Waals surface area contributed by atoms with E-state index in [4.69, 9.17) is 9.47 Å². The maximum absolute atomic E-state index is 13.7. The molecule has 46 heavy (non-hydrogen) atoms. The highest BCUT2D eigenvalue weighted by molar-refractivity contribution is 5.93. The van der Waals surface area contributed by atoms with Crippen molar-refractivity contribution in [1.29, 1.82) is 0 Å². The number of aromatic nitrogens is 5. The maximum atomic E-state index is 13.7. The van der Waals surface area contributed by atoms with Crippen molar-refractivity contribution in [2.45, 2.75) is 45.9 Å². The summed E-state index contributed by atoms with van der Waals surface area (Å²) in [7, 11) is 0. The SMILES string of the molecule is Cc1c(NC(=O)NCC2COCCN2C(=O)OC(C)(C)C)cn2ncnc(Nc3ccc4c(cnn4Cc4cccc(F)c4)c3)c12. The van der Waals surface area contributed by atoms with Crippen LogP contribution in [0.3, 0.4) is 0 Å². The standard InChI is InChI=1S/C32H36FN9O4/c1-20-26(39-30(43)34-15-25-18-45-11-10-40(25)31(44)46-32(2,3)4)17-42-28(20)29(35-19-37-42)38-24-8-9-27-22(13-24)14-36-41(27)16-21-6-5-7-23(33)12-21/h5-9,12-14,17,19,25H,10-11,15-16,18H2,1-4H3,(H2,34,39,43)(H,35,37,38). The van der Waals surface area contributed by atoms with Gasteiger partial charge in [0, 0.05) is 29.7 Å². The first-order chi connectivity index (χ1) is 22.0. The second kappa shape index (κ2) is 12.6. The molecule has 14 heteroatoms. The van der Waals surface area contributed by atoms with Crippen LogP contribution in [0.1, 0.15) is 31.9 Å². The van der Waals surface area contributed by atoms with Crippen molar-refractivity contribution in [3.8, 4) is 0 Å². The largest absolute Gasteiger partial charge is 0.444 e. The number of urea groups is 1. The van der Waals surface area contributed by atoms with E-state index in [9.17, 15) is 14.0 Å². The third-order valence-electron chi connectivity index (χ3n) is 7.55. The minimum absolute atomic E-state index is 0.186. The molecule has 4 heterocycles. The zero-order valence-corrected chi connectivity index (χ0v) is 26.1. The summed E-state index contributed by atoms with van der Waals surface area (Å²) in [5, 5.41) is 18.8. The third-order valence-corrected chi connectivity index (χ3v) is 7.55. The number of hydrogen-bond acceptors (Lipinski definition) is 8. The molecule has 1 fully saturated rings. The molecule has 0 saturated carbocycles. The molecule has 3 aromatic heterocycles. The van der Waals surface area contributed by atoms with Crippen LogP contribution < -0.4 is 16.0 Å². The van der Waals surface area contributed by atoms with E-state index < -0.39 is 17.7 Å². The van der Waals surface area contributed by atoms with E-state index in [2.05, 4.69) is 31.1 Å². The van der Waals surface area contributed by atoms with Crippen LogP contribution in [-0.4, -0.2) is 79.3 Å². The number of morpholine rings is 1. The molecular formula is C32H36FN9O4. The molecule has 1 atom stereocenters. The average Bonchev–Trinajstić information content (AvgIpc) is 3.55. The normalized spacial score (nSPS) is 15.2. The fraction of sp³-hybridized carbons (Fsp3) is 0.344. The van der Waals surface area contributed by atoms with Crippen LogP contribution in [0.25, 0.3) is 16.4 Å². The molecule has 1 aliphatic heterocycles. The van der Waals surface area contributed by atoms with Crippen LogP contribution in [0.2, 0.25) is 0 Å². The Bertz CT molecular complexity index is 1900. The molecule has 2 aromatic carbocycles. The molecule has 0 spiro atoms. The number of fused-ring (bicyclic) bond motifs is 2. The number of ether oxygens (including phenoxy) is 2. The topological polar surface area (TPSA) is 140 Å². The fourth-order valence-electron chi connectivity index (χ4n) is 5.38. The van der Waals surface area contributed by atoms with Crippen molar-refractivity contribution in [3.05, 3.63) is 78.1 Å². The summed E-state index contributed by atoms with van der Waals surface area (Å²) >= 11 is 0. The third kappa shape index (κ3) is 6.86. The number of carbonyl (C=O) groups excluding carboxylic acids is 2. The van der Waals surface area contributed by atoms with Crippen molar-refractivity contribution in [2.24, 2.45) is 0 Å². The Balaban J connectivity index is 1.13. The van der Waals surface area contributed by atoms with Gasteiger partial charge < -0.3 is 25.4 Å². The Morgan fingerprint density at radius 3 is 2.80 bits per heavy atom. The summed E-state index contributed by atoms with van der Waals surface area (Å²) in [4.78, 5) is 31.7. The first-order valence-electron chi connectivity index (χ1n) is 15.0. The molecule has 3 N–H and O–H groups in total. The van der Waals surface area contributed by atoms with E-state index in [1.807, 2.05) is 56.6 Å². The Kier molecular flexibility index (Phi) is 8.45. The lowest BCUT2D eigenvalue weighted by Gasteiger charge is -2.36. The molecule has 1 saturated heterocycles. The number of benzene rings is 2. The van der Waals surface area contributed by atoms with Gasteiger partial charge in [-0.1, -0.05) is 12.1 Å². The predicted molar refractivity (Wildman–Crippen MR) is 171 cm³/mol. The quantitative estimate of drug-likeness (QED) is 0.227. The Morgan fingerprint density at radius 1 is 1.15 bits per heavy atom. The first kappa shape index (κ1) is 30.8. The maximum Gasteiger partial charge on any atom is 0.410 e. The lowest BCUT2D eigenvalue weighted by molar-refractivity contribution is -0.0311. The highest BCUT2D eigenvalue weighted by Crippen LogP contribution is 2.29. The van der Waals surface area contributed by atoms with E-state index in [-0.39, 0.29) is 18.4 Å². The van der Waals surface area contributed by atoms with Gasteiger partial charge in [0.1, 0.15) is 23.3 Å². The monoisotopic (exact) mass is 629 g/mol. The summed E-state index contributed by atoms with van der Waals surface area (Å²) in [6, 6.07) is 11.5. The molecule has 5 aromatic rings. The van der Waals surface area contributed by atoms with Gasteiger partial charge in [0.25, 0.3) is 0 Å². The zero-order chi connectivity index (χ0) is 32.4. The molecule has 240 valence electrons. The molecule has 0 aliphatic carbocycles. The molecule has 6 rings (SSSR count). The van der Waals surface area contributed by atoms with Gasteiger partial charge in [-0.2, -0.15) is 10.2 Å². The Morgan fingerprint density at radius 2 is 2.00 bits per heavy atom. The number of hydrogen-bond donors (Lipinski definition) is 3. The number of nitrogens with one attached hydrogen (secondary N) is 3. The summed E-state index contributed by atoms with van der Waals surface area (Å²) in [5.74, 6) is 0.275. The van der Waals surface area contributed by atoms with Crippen LogP contribution in [0.5, 0.6) is 0 Å². The van der Waals surface area contributed by atoms with Gasteiger partial charge >= 0.3 is 12.1 Å². The highest BCUT2D eigenvalue weighted by Gasteiger charge is 2.31. The fourth-order valence-corrected chi connectivity index (χ4v) is 5.38. The zero-order valence-electron chi connectivity index (χ0n) is 26.1. The molecule has 3 amide bonds. The van der Waals surface area contributed by atoms with E-state index in [0.29, 0.717) is 43.3 Å². The molecule has 13 nitrogen and oxygen atoms in total. The first-order valence-corrected chi connectivity index (χ1v) is 15.0. The van der Waals surface area contributed by atoms with E-state index >= 15 is 0 Å². The summed E-state index contributed by atoms with van der Waals surface area (Å²) in [6.45, 7) is 9.02. The van der Waals surface area contributed by atoms with Crippen molar-refractivity contribution < 1.29 is 23.5 Å². The van der Waals surface area contributed by atoms with Crippen molar-refractivity contribution in [1.82, 2.24) is 34.6 Å². The van der Waals surface area contributed by atoms with Gasteiger partial charge in [-0.25, -0.2) is 23.5 Å². The van der Waals surface area contributed by atoms with Crippen LogP contribution in [0, 0.1) is 12.7 Å². The van der Waals surface area contributed by atoms with Gasteiger partial charge in [0.15, 0.2) is 5.82 Å². The van der Waals surface area contributed by atoms with E-state index in [0.717, 1.165) is 27.7 Å². The van der Waals surface area contributed by atoms with Gasteiger partial charge in [-0.3, -0.25) is 9.58 Å². The van der Waals surface area contributed by atoms with Crippen molar-refractivity contribution in [3.63, 3.8) is 0 Å². The number of carbonyl (C=O) groups is 2. The van der Waals surface area contributed by atoms with Crippen LogP contribution in [0.15, 0.2) is 61.2 Å². The van der Waals surface area contributed by atoms with Gasteiger partial charge in [-0.15, -0.1) is 0 Å². The number of nitrogens with zero attached hydrogens (tertiary/aromatic N) is 6. The summed E-state index contributed by atoms with van der Waals surface area (Å²) in [6.07, 6.45) is 4.48. The van der Waals surface area contributed by atoms with Crippen molar-refractivity contribution in [2.75, 3.05) is 36.9 Å².